The number of pyridine rings is 2. The zero-order valence-electron chi connectivity index (χ0n) is 11.3. The molecule has 1 aromatic carbocycles. The average Bonchev–Trinajstić information content (AvgIpc) is 2.85. The second-order valence-corrected chi connectivity index (χ2v) is 4.93. The number of rotatable bonds is 2. The quantitative estimate of drug-likeness (QED) is 0.610. The minimum atomic E-state index is 0.493. The second kappa shape index (κ2) is 4.56. The number of hydrogen-bond donors (Lipinski definition) is 1. The lowest BCUT2D eigenvalue weighted by atomic mass is 10.2. The van der Waals surface area contributed by atoms with Gasteiger partial charge >= 0.3 is 0 Å². The van der Waals surface area contributed by atoms with Crippen LogP contribution in [0.4, 0.5) is 5.95 Å². The van der Waals surface area contributed by atoms with Gasteiger partial charge in [0.05, 0.1) is 23.8 Å². The molecular formula is C16H13N5. The summed E-state index contributed by atoms with van der Waals surface area (Å²) in [5.74, 6) is 0.493. The molecule has 5 nitrogen and oxygen atoms in total. The van der Waals surface area contributed by atoms with Crippen LogP contribution < -0.4 is 5.73 Å². The highest BCUT2D eigenvalue weighted by Crippen LogP contribution is 2.26. The van der Waals surface area contributed by atoms with Crippen LogP contribution in [0.5, 0.6) is 0 Å². The first-order valence-corrected chi connectivity index (χ1v) is 6.71. The van der Waals surface area contributed by atoms with Gasteiger partial charge in [0.15, 0.2) is 0 Å². The fraction of sp³-hybridized carbons (Fsp3) is 0.0625. The molecule has 0 saturated carbocycles. The third kappa shape index (κ3) is 1.90. The molecule has 3 aromatic heterocycles. The van der Waals surface area contributed by atoms with Crippen molar-refractivity contribution in [3.63, 3.8) is 0 Å². The lowest BCUT2D eigenvalue weighted by Gasteiger charge is -2.08. The number of benzene rings is 1. The lowest BCUT2D eigenvalue weighted by molar-refractivity contribution is 0.835. The van der Waals surface area contributed by atoms with E-state index in [1.165, 1.54) is 0 Å². The van der Waals surface area contributed by atoms with Crippen LogP contribution in [0, 0.1) is 0 Å². The third-order valence-corrected chi connectivity index (χ3v) is 3.57. The number of para-hydroxylation sites is 1. The van der Waals surface area contributed by atoms with Crippen LogP contribution in [0.15, 0.2) is 55.0 Å². The molecule has 0 saturated heterocycles. The highest BCUT2D eigenvalue weighted by atomic mass is 15.2. The zero-order valence-corrected chi connectivity index (χ0v) is 11.3. The molecule has 0 spiro atoms. The fourth-order valence-electron chi connectivity index (χ4n) is 2.61. The molecule has 4 aromatic rings. The van der Waals surface area contributed by atoms with Gasteiger partial charge in [0.25, 0.3) is 0 Å². The standard InChI is InChI=1S/C16H13N5/c17-16-20-14-9-19-13-6-2-1-5-12(13)15(14)21(16)10-11-4-3-7-18-8-11/h1-9H,10H2,(H2,17,20). The van der Waals surface area contributed by atoms with Gasteiger partial charge in [-0.25, -0.2) is 4.98 Å². The Morgan fingerprint density at radius 1 is 1.00 bits per heavy atom. The monoisotopic (exact) mass is 275 g/mol. The van der Waals surface area contributed by atoms with E-state index in [4.69, 9.17) is 5.73 Å². The lowest BCUT2D eigenvalue weighted by Crippen LogP contribution is -2.05. The van der Waals surface area contributed by atoms with E-state index in [9.17, 15) is 0 Å². The molecule has 0 unspecified atom stereocenters. The Kier molecular flexibility index (Phi) is 2.57. The van der Waals surface area contributed by atoms with Crippen LogP contribution >= 0.6 is 0 Å². The van der Waals surface area contributed by atoms with Crippen molar-refractivity contribution in [1.82, 2.24) is 19.5 Å². The number of fused-ring (bicyclic) bond motifs is 3. The van der Waals surface area contributed by atoms with E-state index >= 15 is 0 Å². The molecule has 0 aliphatic rings. The molecule has 21 heavy (non-hydrogen) atoms. The van der Waals surface area contributed by atoms with Gasteiger partial charge in [-0.1, -0.05) is 24.3 Å². The van der Waals surface area contributed by atoms with Crippen LogP contribution in [-0.4, -0.2) is 19.5 Å². The summed E-state index contributed by atoms with van der Waals surface area (Å²) in [6.07, 6.45) is 5.38. The van der Waals surface area contributed by atoms with E-state index in [2.05, 4.69) is 15.0 Å². The first kappa shape index (κ1) is 11.8. The van der Waals surface area contributed by atoms with Gasteiger partial charge in [-0.2, -0.15) is 0 Å². The number of nitrogens with two attached hydrogens (primary N) is 1. The molecule has 102 valence electrons. The molecule has 0 amide bonds. The molecule has 3 heterocycles. The largest absolute Gasteiger partial charge is 0.369 e. The van der Waals surface area contributed by atoms with Gasteiger partial charge in [-0.15, -0.1) is 0 Å². The van der Waals surface area contributed by atoms with Crippen LogP contribution in [0.3, 0.4) is 0 Å². The summed E-state index contributed by atoms with van der Waals surface area (Å²) in [5.41, 5.74) is 9.96. The highest BCUT2D eigenvalue weighted by Gasteiger charge is 2.12. The number of aromatic nitrogens is 4. The molecule has 2 N–H and O–H groups in total. The first-order chi connectivity index (χ1) is 10.3. The number of imidazole rings is 1. The SMILES string of the molecule is Nc1nc2cnc3ccccc3c2n1Cc1cccnc1. The fourth-order valence-corrected chi connectivity index (χ4v) is 2.61. The minimum Gasteiger partial charge on any atom is -0.369 e. The van der Waals surface area contributed by atoms with Crippen molar-refractivity contribution in [3.8, 4) is 0 Å². The number of hydrogen-bond acceptors (Lipinski definition) is 4. The molecule has 0 radical (unpaired) electrons. The van der Waals surface area contributed by atoms with Crippen molar-refractivity contribution in [2.24, 2.45) is 0 Å². The van der Waals surface area contributed by atoms with Gasteiger partial charge in [0.1, 0.15) is 5.52 Å². The van der Waals surface area contributed by atoms with Gasteiger partial charge in [-0.3, -0.25) is 9.97 Å². The normalized spacial score (nSPS) is 11.2. The second-order valence-electron chi connectivity index (χ2n) is 4.93. The van der Waals surface area contributed by atoms with Gasteiger partial charge < -0.3 is 10.3 Å². The molecule has 5 heteroatoms. The predicted octanol–water partition coefficient (Wildman–Crippen LogP) is 2.61. The molecule has 0 aliphatic heterocycles. The van der Waals surface area contributed by atoms with E-state index in [0.29, 0.717) is 12.5 Å². The summed E-state index contributed by atoms with van der Waals surface area (Å²) < 4.78 is 2.01. The van der Waals surface area contributed by atoms with E-state index < -0.39 is 0 Å². The average molecular weight is 275 g/mol. The van der Waals surface area contributed by atoms with Crippen LogP contribution in [0.1, 0.15) is 5.56 Å². The minimum absolute atomic E-state index is 0.493. The summed E-state index contributed by atoms with van der Waals surface area (Å²) >= 11 is 0. The van der Waals surface area contributed by atoms with E-state index in [1.807, 2.05) is 47.2 Å². The molecule has 0 bridgehead atoms. The van der Waals surface area contributed by atoms with Crippen LogP contribution in [0.2, 0.25) is 0 Å². The first-order valence-electron chi connectivity index (χ1n) is 6.71. The number of nitrogen functional groups attached to an aromatic ring is 1. The van der Waals surface area contributed by atoms with Crippen LogP contribution in [0.25, 0.3) is 21.9 Å². The molecule has 0 fully saturated rings. The summed E-state index contributed by atoms with van der Waals surface area (Å²) in [4.78, 5) is 13.0. The summed E-state index contributed by atoms with van der Waals surface area (Å²) in [6, 6.07) is 12.0. The Hall–Kier alpha value is -2.95. The Bertz CT molecular complexity index is 927. The topological polar surface area (TPSA) is 69.6 Å². The Morgan fingerprint density at radius 2 is 1.90 bits per heavy atom. The van der Waals surface area contributed by atoms with Crippen molar-refractivity contribution >= 4 is 27.9 Å². The van der Waals surface area contributed by atoms with Gasteiger partial charge in [0, 0.05) is 17.8 Å². The van der Waals surface area contributed by atoms with Gasteiger partial charge in [0.2, 0.25) is 5.95 Å². The summed E-state index contributed by atoms with van der Waals surface area (Å²) in [7, 11) is 0. The van der Waals surface area contributed by atoms with Crippen molar-refractivity contribution < 1.29 is 0 Å². The van der Waals surface area contributed by atoms with Crippen molar-refractivity contribution in [1.29, 1.82) is 0 Å². The smallest absolute Gasteiger partial charge is 0.201 e. The third-order valence-electron chi connectivity index (χ3n) is 3.57. The summed E-state index contributed by atoms with van der Waals surface area (Å²) in [5, 5.41) is 1.06. The van der Waals surface area contributed by atoms with E-state index in [0.717, 1.165) is 27.5 Å². The molecule has 4 rings (SSSR count). The number of nitrogens with zero attached hydrogens (tertiary/aromatic N) is 4. The Morgan fingerprint density at radius 3 is 2.76 bits per heavy atom. The predicted molar refractivity (Wildman–Crippen MR) is 82.8 cm³/mol. The maximum atomic E-state index is 6.10. The van der Waals surface area contributed by atoms with Crippen molar-refractivity contribution in [2.75, 3.05) is 5.73 Å². The van der Waals surface area contributed by atoms with Crippen LogP contribution in [-0.2, 0) is 6.54 Å². The van der Waals surface area contributed by atoms with Crippen molar-refractivity contribution in [3.05, 3.63) is 60.6 Å². The highest BCUT2D eigenvalue weighted by molar-refractivity contribution is 6.02. The molecule has 0 aliphatic carbocycles. The Labute approximate surface area is 121 Å². The van der Waals surface area contributed by atoms with Crippen molar-refractivity contribution in [2.45, 2.75) is 6.54 Å². The summed E-state index contributed by atoms with van der Waals surface area (Å²) in [6.45, 7) is 0.643. The zero-order chi connectivity index (χ0) is 14.2. The molecule has 0 atom stereocenters. The number of anilines is 1. The molecular weight excluding hydrogens is 262 g/mol. The van der Waals surface area contributed by atoms with E-state index in [1.54, 1.807) is 12.4 Å². The maximum absolute atomic E-state index is 6.10. The Balaban J connectivity index is 1.99. The van der Waals surface area contributed by atoms with E-state index in [-0.39, 0.29) is 0 Å². The van der Waals surface area contributed by atoms with Gasteiger partial charge in [-0.05, 0) is 17.7 Å². The maximum Gasteiger partial charge on any atom is 0.201 e.